The van der Waals surface area contributed by atoms with Crippen molar-refractivity contribution >= 4 is 11.9 Å². The van der Waals surface area contributed by atoms with Crippen molar-refractivity contribution in [3.05, 3.63) is 34.9 Å². The number of piperidine rings is 1. The molecule has 0 atom stereocenters. The molecule has 0 aliphatic carbocycles. The summed E-state index contributed by atoms with van der Waals surface area (Å²) in [6, 6.07) is 4.15. The molecule has 1 saturated heterocycles. The minimum Gasteiger partial charge on any atom is -0.341 e. The average molecular weight is 356 g/mol. The van der Waals surface area contributed by atoms with Crippen molar-refractivity contribution in [3.63, 3.8) is 0 Å². The largest absolute Gasteiger partial charge is 0.341 e. The highest BCUT2D eigenvalue weighted by Crippen LogP contribution is 2.29. The fraction of sp³-hybridized carbons (Fsp3) is 0.579. The van der Waals surface area contributed by atoms with Gasteiger partial charge in [-0.05, 0) is 38.8 Å². The lowest BCUT2D eigenvalue weighted by Crippen LogP contribution is -2.34. The van der Waals surface area contributed by atoms with Gasteiger partial charge in [0.2, 0.25) is 11.9 Å². The topological polar surface area (TPSA) is 67.2 Å². The van der Waals surface area contributed by atoms with Gasteiger partial charge >= 0.3 is 0 Å². The molecule has 1 aliphatic rings. The van der Waals surface area contributed by atoms with Gasteiger partial charge in [0.15, 0.2) is 0 Å². The number of carbonyl (C=O) groups excluding carboxylic acids is 1. The second-order valence-electron chi connectivity index (χ2n) is 7.27. The van der Waals surface area contributed by atoms with Crippen LogP contribution < -0.4 is 4.90 Å². The molecule has 0 aromatic carbocycles. The van der Waals surface area contributed by atoms with E-state index < -0.39 is 0 Å². The molecule has 0 saturated carbocycles. The van der Waals surface area contributed by atoms with E-state index in [4.69, 9.17) is 5.10 Å². The number of aromatic nitrogens is 4. The van der Waals surface area contributed by atoms with Crippen molar-refractivity contribution in [1.82, 2.24) is 24.6 Å². The average Bonchev–Trinajstić information content (AvgIpc) is 2.95. The molecule has 7 nitrogen and oxygen atoms in total. The van der Waals surface area contributed by atoms with Crippen LogP contribution in [-0.2, 0) is 18.4 Å². The van der Waals surface area contributed by atoms with Gasteiger partial charge < -0.3 is 9.80 Å². The molecule has 1 aliphatic heterocycles. The molecule has 0 N–H and O–H groups in total. The van der Waals surface area contributed by atoms with Crippen LogP contribution in [0.5, 0.6) is 0 Å². The molecule has 2 aromatic rings. The van der Waals surface area contributed by atoms with E-state index in [1.54, 1.807) is 11.8 Å². The van der Waals surface area contributed by atoms with Gasteiger partial charge in [0.05, 0.1) is 17.9 Å². The number of rotatable bonds is 4. The van der Waals surface area contributed by atoms with E-state index in [9.17, 15) is 4.79 Å². The van der Waals surface area contributed by atoms with Crippen LogP contribution in [0.3, 0.4) is 0 Å². The van der Waals surface area contributed by atoms with Crippen molar-refractivity contribution in [2.45, 2.75) is 46.1 Å². The van der Waals surface area contributed by atoms with Crippen LogP contribution in [-0.4, -0.2) is 50.7 Å². The predicted octanol–water partition coefficient (Wildman–Crippen LogP) is 2.19. The molecule has 1 fully saturated rings. The molecule has 0 radical (unpaired) electrons. The fourth-order valence-corrected chi connectivity index (χ4v) is 3.46. The smallest absolute Gasteiger partial charge is 0.225 e. The number of hydrogen-bond acceptors (Lipinski definition) is 5. The molecular formula is C19H28N6O. The number of nitrogens with zero attached hydrogens (tertiary/aromatic N) is 6. The van der Waals surface area contributed by atoms with Crippen LogP contribution in [0.1, 0.15) is 48.5 Å². The van der Waals surface area contributed by atoms with Crippen molar-refractivity contribution in [2.75, 3.05) is 25.0 Å². The fourth-order valence-electron chi connectivity index (χ4n) is 3.46. The Labute approximate surface area is 155 Å². The predicted molar refractivity (Wildman–Crippen MR) is 101 cm³/mol. The van der Waals surface area contributed by atoms with Crippen molar-refractivity contribution in [2.24, 2.45) is 7.05 Å². The molecule has 140 valence electrons. The van der Waals surface area contributed by atoms with Gasteiger partial charge in [-0.2, -0.15) is 5.10 Å². The molecule has 7 heteroatoms. The summed E-state index contributed by atoms with van der Waals surface area (Å²) in [6.07, 6.45) is 2.07. The maximum atomic E-state index is 11.5. The maximum absolute atomic E-state index is 11.5. The lowest BCUT2D eigenvalue weighted by molar-refractivity contribution is -0.128. The summed E-state index contributed by atoms with van der Waals surface area (Å²) in [7, 11) is 3.77. The van der Waals surface area contributed by atoms with E-state index in [2.05, 4.69) is 20.9 Å². The summed E-state index contributed by atoms with van der Waals surface area (Å²) in [5.41, 5.74) is 4.22. The standard InChI is InChI=1S/C19H28N6O/c1-13-10-14(2)21-19(20-13)25-8-6-16(7-9-25)18-11-17(24(5)22-18)12-23(4)15(3)26/h10-11,16H,6-9,12H2,1-5H3. The third-order valence-electron chi connectivity index (χ3n) is 5.10. The lowest BCUT2D eigenvalue weighted by atomic mass is 9.93. The molecule has 0 unspecified atom stereocenters. The SMILES string of the molecule is CC(=O)N(C)Cc1cc(C2CCN(c3nc(C)cc(C)n3)CC2)nn1C. The highest BCUT2D eigenvalue weighted by atomic mass is 16.2. The Kier molecular flexibility index (Phi) is 5.25. The highest BCUT2D eigenvalue weighted by molar-refractivity contribution is 5.72. The molecular weight excluding hydrogens is 328 g/mol. The summed E-state index contributed by atoms with van der Waals surface area (Å²) in [6.45, 7) is 8.08. The monoisotopic (exact) mass is 356 g/mol. The Morgan fingerprint density at radius 1 is 1.19 bits per heavy atom. The van der Waals surface area contributed by atoms with Gasteiger partial charge in [0.25, 0.3) is 0 Å². The quantitative estimate of drug-likeness (QED) is 0.840. The number of aryl methyl sites for hydroxylation is 3. The summed E-state index contributed by atoms with van der Waals surface area (Å²) in [5, 5.41) is 4.70. The Balaban J connectivity index is 1.65. The van der Waals surface area contributed by atoms with Crippen molar-refractivity contribution < 1.29 is 4.79 Å². The molecule has 3 heterocycles. The lowest BCUT2D eigenvalue weighted by Gasteiger charge is -2.31. The minimum absolute atomic E-state index is 0.0644. The number of carbonyl (C=O) groups is 1. The van der Waals surface area contributed by atoms with Crippen LogP contribution in [0, 0.1) is 13.8 Å². The number of hydrogen-bond donors (Lipinski definition) is 0. The van der Waals surface area contributed by atoms with Crippen LogP contribution in [0.25, 0.3) is 0 Å². The molecule has 3 rings (SSSR count). The second kappa shape index (κ2) is 7.43. The van der Waals surface area contributed by atoms with Crippen LogP contribution in [0.15, 0.2) is 12.1 Å². The van der Waals surface area contributed by atoms with Gasteiger partial charge in [0, 0.05) is 51.4 Å². The van der Waals surface area contributed by atoms with Crippen LogP contribution in [0.4, 0.5) is 5.95 Å². The molecule has 2 aromatic heterocycles. The Hall–Kier alpha value is -2.44. The Bertz CT molecular complexity index is 771. The summed E-state index contributed by atoms with van der Waals surface area (Å²) in [5.74, 6) is 1.35. The van der Waals surface area contributed by atoms with E-state index in [-0.39, 0.29) is 5.91 Å². The maximum Gasteiger partial charge on any atom is 0.225 e. The van der Waals surface area contributed by atoms with E-state index in [0.29, 0.717) is 12.5 Å². The first-order valence-electron chi connectivity index (χ1n) is 9.15. The third-order valence-corrected chi connectivity index (χ3v) is 5.10. The molecule has 0 bridgehead atoms. The molecule has 0 spiro atoms. The first-order chi connectivity index (χ1) is 12.3. The van der Waals surface area contributed by atoms with Crippen molar-refractivity contribution in [3.8, 4) is 0 Å². The first kappa shape index (κ1) is 18.4. The normalized spacial score (nSPS) is 15.3. The molecule has 26 heavy (non-hydrogen) atoms. The van der Waals surface area contributed by atoms with E-state index in [1.165, 1.54) is 0 Å². The summed E-state index contributed by atoms with van der Waals surface area (Å²) < 4.78 is 1.90. The highest BCUT2D eigenvalue weighted by Gasteiger charge is 2.25. The van der Waals surface area contributed by atoms with E-state index in [0.717, 1.165) is 54.7 Å². The minimum atomic E-state index is 0.0644. The van der Waals surface area contributed by atoms with Gasteiger partial charge in [-0.15, -0.1) is 0 Å². The van der Waals surface area contributed by atoms with Crippen molar-refractivity contribution in [1.29, 1.82) is 0 Å². The molecule has 1 amide bonds. The summed E-state index contributed by atoms with van der Waals surface area (Å²) >= 11 is 0. The number of amides is 1. The Morgan fingerprint density at radius 2 is 1.81 bits per heavy atom. The van der Waals surface area contributed by atoms with Gasteiger partial charge in [-0.25, -0.2) is 9.97 Å². The zero-order chi connectivity index (χ0) is 18.8. The third kappa shape index (κ3) is 4.03. The first-order valence-corrected chi connectivity index (χ1v) is 9.15. The zero-order valence-electron chi connectivity index (χ0n) is 16.4. The second-order valence-corrected chi connectivity index (χ2v) is 7.27. The van der Waals surface area contributed by atoms with E-state index >= 15 is 0 Å². The summed E-state index contributed by atoms with van der Waals surface area (Å²) in [4.78, 5) is 24.6. The zero-order valence-corrected chi connectivity index (χ0v) is 16.4. The van der Waals surface area contributed by atoms with Gasteiger partial charge in [0.1, 0.15) is 0 Å². The van der Waals surface area contributed by atoms with E-state index in [1.807, 2.05) is 38.7 Å². The van der Waals surface area contributed by atoms with Crippen LogP contribution in [0.2, 0.25) is 0 Å². The number of anilines is 1. The van der Waals surface area contributed by atoms with Gasteiger partial charge in [-0.1, -0.05) is 0 Å². The Morgan fingerprint density at radius 3 is 2.38 bits per heavy atom. The van der Waals surface area contributed by atoms with Gasteiger partial charge in [-0.3, -0.25) is 9.48 Å². The van der Waals surface area contributed by atoms with Crippen LogP contribution >= 0.6 is 0 Å².